The number of carbonyl (C=O) groups excluding carboxylic acids is 1. The van der Waals surface area contributed by atoms with E-state index >= 15 is 0 Å². The minimum atomic E-state index is -0.601. The summed E-state index contributed by atoms with van der Waals surface area (Å²) in [5.74, 6) is 0.951. The highest BCUT2D eigenvalue weighted by Gasteiger charge is 2.31. The molecule has 1 unspecified atom stereocenters. The van der Waals surface area contributed by atoms with Gasteiger partial charge in [0.05, 0.1) is 25.9 Å². The van der Waals surface area contributed by atoms with Gasteiger partial charge >= 0.3 is 5.97 Å². The molecule has 1 fully saturated rings. The van der Waals surface area contributed by atoms with Gasteiger partial charge in [0.15, 0.2) is 0 Å². The van der Waals surface area contributed by atoms with Crippen LogP contribution in [-0.2, 0) is 4.74 Å². The maximum atomic E-state index is 13.1. The predicted molar refractivity (Wildman–Crippen MR) is 145 cm³/mol. The van der Waals surface area contributed by atoms with Crippen LogP contribution in [0.2, 0.25) is 0 Å². The number of furan rings is 1. The lowest BCUT2D eigenvalue weighted by Gasteiger charge is -2.23. The molecule has 8 nitrogen and oxygen atoms in total. The second kappa shape index (κ2) is 11.4. The number of hydrogen-bond acceptors (Lipinski definition) is 8. The number of phenolic OH excluding ortho intramolecular Hbond substituents is 1. The summed E-state index contributed by atoms with van der Waals surface area (Å²) in [5, 5.41) is 26.5. The van der Waals surface area contributed by atoms with E-state index in [-0.39, 0.29) is 31.1 Å². The van der Waals surface area contributed by atoms with Gasteiger partial charge in [0.25, 0.3) is 0 Å². The number of nitrogens with one attached hydrogen (secondary N) is 1. The third kappa shape index (κ3) is 4.93. The number of aryl methyl sites for hydroxylation is 1. The van der Waals surface area contributed by atoms with Crippen molar-refractivity contribution in [2.24, 2.45) is 5.92 Å². The van der Waals surface area contributed by atoms with Gasteiger partial charge in [0.2, 0.25) is 5.88 Å². The van der Waals surface area contributed by atoms with Gasteiger partial charge in [-0.15, -0.1) is 0 Å². The van der Waals surface area contributed by atoms with Crippen LogP contribution in [0.1, 0.15) is 65.9 Å². The Morgan fingerprint density at radius 3 is 2.71 bits per heavy atom. The van der Waals surface area contributed by atoms with Crippen LogP contribution in [0.15, 0.2) is 47.0 Å². The maximum Gasteiger partial charge on any atom is 0.342 e. The molecular formula is C30H34N2O6. The van der Waals surface area contributed by atoms with Gasteiger partial charge in [0, 0.05) is 40.5 Å². The van der Waals surface area contributed by atoms with E-state index in [1.807, 2.05) is 36.4 Å². The lowest BCUT2D eigenvalue weighted by molar-refractivity contribution is 0.0526. The summed E-state index contributed by atoms with van der Waals surface area (Å²) in [6, 6.07) is 10.5. The normalized spacial score (nSPS) is 14.8. The van der Waals surface area contributed by atoms with Crippen molar-refractivity contribution >= 4 is 27.7 Å². The summed E-state index contributed by atoms with van der Waals surface area (Å²) in [6.45, 7) is 4.44. The number of phenols is 1. The summed E-state index contributed by atoms with van der Waals surface area (Å²) < 4.78 is 17.6. The molecule has 2 heterocycles. The number of aromatic nitrogens is 1. The fourth-order valence-corrected chi connectivity index (χ4v) is 5.53. The van der Waals surface area contributed by atoms with E-state index in [1.54, 1.807) is 20.0 Å². The number of aliphatic hydroxyl groups excluding tert-OH is 1. The molecule has 200 valence electrons. The molecule has 0 bridgehead atoms. The average Bonchev–Trinajstić information content (AvgIpc) is 3.57. The quantitative estimate of drug-likeness (QED) is 0.239. The Balaban J connectivity index is 1.69. The zero-order valence-corrected chi connectivity index (χ0v) is 21.8. The van der Waals surface area contributed by atoms with E-state index in [0.717, 1.165) is 5.56 Å². The number of carbonyl (C=O) groups is 1. The van der Waals surface area contributed by atoms with Crippen LogP contribution in [0.5, 0.6) is 11.6 Å². The van der Waals surface area contributed by atoms with Gasteiger partial charge in [-0.25, -0.2) is 9.78 Å². The first-order valence-corrected chi connectivity index (χ1v) is 13.3. The van der Waals surface area contributed by atoms with E-state index in [1.165, 1.54) is 25.7 Å². The van der Waals surface area contributed by atoms with Gasteiger partial charge in [-0.3, -0.25) is 0 Å². The van der Waals surface area contributed by atoms with Crippen LogP contribution >= 0.6 is 0 Å². The molecular weight excluding hydrogens is 484 g/mol. The highest BCUT2D eigenvalue weighted by Crippen LogP contribution is 2.45. The number of aromatic hydroxyl groups is 1. The second-order valence-corrected chi connectivity index (χ2v) is 9.77. The highest BCUT2D eigenvalue weighted by molar-refractivity contribution is 6.16. The zero-order chi connectivity index (χ0) is 26.6. The lowest BCUT2D eigenvalue weighted by atomic mass is 9.90. The van der Waals surface area contributed by atoms with Gasteiger partial charge in [-0.1, -0.05) is 37.1 Å². The Morgan fingerprint density at radius 1 is 1.21 bits per heavy atom. The second-order valence-electron chi connectivity index (χ2n) is 9.77. The number of hydrogen-bond donors (Lipinski definition) is 3. The van der Waals surface area contributed by atoms with Crippen molar-refractivity contribution in [3.8, 4) is 11.6 Å². The molecule has 0 spiro atoms. The Labute approximate surface area is 221 Å². The van der Waals surface area contributed by atoms with Crippen molar-refractivity contribution < 1.29 is 28.9 Å². The van der Waals surface area contributed by atoms with E-state index in [9.17, 15) is 15.0 Å². The van der Waals surface area contributed by atoms with Gasteiger partial charge in [-0.05, 0) is 44.2 Å². The van der Waals surface area contributed by atoms with Crippen molar-refractivity contribution in [2.75, 3.05) is 26.4 Å². The number of rotatable bonds is 10. The van der Waals surface area contributed by atoms with Crippen LogP contribution in [0.3, 0.4) is 0 Å². The maximum absolute atomic E-state index is 13.1. The first-order chi connectivity index (χ1) is 18.5. The minimum absolute atomic E-state index is 0.0279. The molecule has 1 aliphatic carbocycles. The molecule has 1 atom stereocenters. The van der Waals surface area contributed by atoms with Crippen LogP contribution in [0.4, 0.5) is 0 Å². The predicted octanol–water partition coefficient (Wildman–Crippen LogP) is 5.41. The van der Waals surface area contributed by atoms with Crippen molar-refractivity contribution in [1.29, 1.82) is 0 Å². The number of pyridine rings is 1. The monoisotopic (exact) mass is 518 g/mol. The zero-order valence-electron chi connectivity index (χ0n) is 21.8. The Morgan fingerprint density at radius 2 is 1.97 bits per heavy atom. The smallest absolute Gasteiger partial charge is 0.342 e. The molecule has 0 amide bonds. The molecule has 1 saturated carbocycles. The van der Waals surface area contributed by atoms with E-state index < -0.39 is 12.0 Å². The number of benzene rings is 2. The molecule has 4 aromatic rings. The third-order valence-corrected chi connectivity index (χ3v) is 7.30. The number of aliphatic hydroxyl groups is 1. The molecule has 8 heteroatoms. The summed E-state index contributed by atoms with van der Waals surface area (Å²) in [6.07, 6.45) is 6.48. The number of esters is 1. The van der Waals surface area contributed by atoms with Gasteiger partial charge < -0.3 is 29.4 Å². The fraction of sp³-hybridized carbons (Fsp3) is 0.400. The minimum Gasteiger partial charge on any atom is -0.507 e. The van der Waals surface area contributed by atoms with Crippen molar-refractivity contribution in [2.45, 2.75) is 45.6 Å². The molecule has 0 radical (unpaired) electrons. The fourth-order valence-electron chi connectivity index (χ4n) is 5.53. The summed E-state index contributed by atoms with van der Waals surface area (Å²) in [7, 11) is 0. The molecule has 1 aliphatic rings. The third-order valence-electron chi connectivity index (χ3n) is 7.30. The molecule has 0 aliphatic heterocycles. The lowest BCUT2D eigenvalue weighted by Crippen LogP contribution is -2.26. The Kier molecular flexibility index (Phi) is 7.81. The van der Waals surface area contributed by atoms with Crippen molar-refractivity contribution in [1.82, 2.24) is 10.3 Å². The van der Waals surface area contributed by atoms with Gasteiger partial charge in [-0.2, -0.15) is 0 Å². The van der Waals surface area contributed by atoms with Gasteiger partial charge in [0.1, 0.15) is 22.7 Å². The highest BCUT2D eigenvalue weighted by atomic mass is 16.5. The molecule has 0 saturated heterocycles. The van der Waals surface area contributed by atoms with Crippen molar-refractivity contribution in [3.05, 3.63) is 65.0 Å². The standard InChI is InChI=1S/C30H34N2O6/c1-3-36-30(35)24-18(2)38-29-22-11-7-6-10-21(22)28(34)26(25(24)29)27(32-14-15-33)20-12-13-31-23(16-20)37-17-19-8-4-5-9-19/h6-7,10-13,16,19,27,32-34H,3-5,8-9,14-15,17H2,1-2H3. The van der Waals surface area contributed by atoms with Crippen molar-refractivity contribution in [3.63, 3.8) is 0 Å². The van der Waals surface area contributed by atoms with Crippen LogP contribution in [0.25, 0.3) is 21.7 Å². The van der Waals surface area contributed by atoms with Crippen LogP contribution in [0, 0.1) is 12.8 Å². The number of nitrogens with zero attached hydrogens (tertiary/aromatic N) is 1. The SMILES string of the molecule is CCOC(=O)c1c(C)oc2c1c(C(NCCO)c1ccnc(OCC3CCCC3)c1)c(O)c1ccccc12. The first-order valence-electron chi connectivity index (χ1n) is 13.3. The molecule has 38 heavy (non-hydrogen) atoms. The van der Waals surface area contributed by atoms with Crippen LogP contribution < -0.4 is 10.1 Å². The average molecular weight is 519 g/mol. The topological polar surface area (TPSA) is 114 Å². The summed E-state index contributed by atoms with van der Waals surface area (Å²) in [5.41, 5.74) is 2.02. The Hall–Kier alpha value is -3.62. The van der Waals surface area contributed by atoms with E-state index in [4.69, 9.17) is 13.9 Å². The summed E-state index contributed by atoms with van der Waals surface area (Å²) in [4.78, 5) is 17.5. The van der Waals surface area contributed by atoms with E-state index in [0.29, 0.717) is 51.5 Å². The molecule has 5 rings (SSSR count). The Bertz CT molecular complexity index is 1440. The molecule has 2 aromatic carbocycles. The number of fused-ring (bicyclic) bond motifs is 3. The van der Waals surface area contributed by atoms with E-state index in [2.05, 4.69) is 10.3 Å². The largest absolute Gasteiger partial charge is 0.507 e. The number of ether oxygens (including phenoxy) is 2. The summed E-state index contributed by atoms with van der Waals surface area (Å²) >= 11 is 0. The molecule has 3 N–H and O–H groups in total. The van der Waals surface area contributed by atoms with Crippen LogP contribution in [-0.4, -0.2) is 47.5 Å². The first kappa shape index (κ1) is 26.0. The molecule has 2 aromatic heterocycles.